The average molecular weight is 588 g/mol. The van der Waals surface area contributed by atoms with Crippen LogP contribution in [-0.2, 0) is 16.1 Å². The molecule has 1 fully saturated rings. The average Bonchev–Trinajstić information content (AvgIpc) is 3.50. The number of aromatic nitrogens is 2. The van der Waals surface area contributed by atoms with Gasteiger partial charge in [0.05, 0.1) is 12.8 Å². The molecule has 1 aromatic heterocycles. The number of carbonyl (C=O) groups is 2. The van der Waals surface area contributed by atoms with Crippen LogP contribution in [0.4, 0.5) is 27.8 Å². The van der Waals surface area contributed by atoms with Crippen LogP contribution in [0.5, 0.6) is 5.75 Å². The molecule has 0 aliphatic carbocycles. The number of nitrogens with one attached hydrogen (secondary N) is 1. The molecule has 1 aliphatic rings. The molecule has 0 bridgehead atoms. The molecule has 2 amide bonds. The van der Waals surface area contributed by atoms with Crippen LogP contribution in [0.2, 0.25) is 0 Å². The van der Waals surface area contributed by atoms with Gasteiger partial charge >= 0.3 is 6.09 Å². The topological polar surface area (TPSA) is 103 Å². The van der Waals surface area contributed by atoms with Gasteiger partial charge in [0, 0.05) is 57.6 Å². The van der Waals surface area contributed by atoms with Gasteiger partial charge < -0.3 is 29.5 Å². The third-order valence-corrected chi connectivity index (χ3v) is 7.34. The minimum Gasteiger partial charge on any atom is -0.494 e. The molecule has 1 saturated heterocycles. The highest BCUT2D eigenvalue weighted by Gasteiger charge is 2.30. The van der Waals surface area contributed by atoms with Crippen molar-refractivity contribution in [2.45, 2.75) is 13.0 Å². The van der Waals surface area contributed by atoms with E-state index in [1.54, 1.807) is 18.1 Å². The van der Waals surface area contributed by atoms with Gasteiger partial charge in [-0.1, -0.05) is 36.9 Å². The van der Waals surface area contributed by atoms with E-state index in [0.717, 1.165) is 36.4 Å². The number of methoxy groups -OCH3 is 1. The highest BCUT2D eigenvalue weighted by molar-refractivity contribution is 5.88. The van der Waals surface area contributed by atoms with Gasteiger partial charge in [0.25, 0.3) is 0 Å². The van der Waals surface area contributed by atoms with Crippen LogP contribution >= 0.6 is 0 Å². The van der Waals surface area contributed by atoms with E-state index in [0.29, 0.717) is 37.0 Å². The van der Waals surface area contributed by atoms with E-state index < -0.39 is 6.09 Å². The number of likely N-dealkylation sites (tertiary alicyclic amines) is 1. The Morgan fingerprint density at radius 2 is 1.88 bits per heavy atom. The number of amides is 2. The Morgan fingerprint density at radius 1 is 1.09 bits per heavy atom. The maximum atomic E-state index is 13.4. The monoisotopic (exact) mass is 587 g/mol. The second kappa shape index (κ2) is 15.0. The lowest BCUT2D eigenvalue weighted by atomic mass is 10.1. The number of rotatable bonds is 13. The molecule has 0 radical (unpaired) electrons. The van der Waals surface area contributed by atoms with Crippen molar-refractivity contribution in [1.29, 1.82) is 0 Å². The first kappa shape index (κ1) is 31.3. The highest BCUT2D eigenvalue weighted by Crippen LogP contribution is 2.32. The lowest BCUT2D eigenvalue weighted by Gasteiger charge is -2.25. The van der Waals surface area contributed by atoms with Gasteiger partial charge in [-0.25, -0.2) is 14.8 Å². The van der Waals surface area contributed by atoms with Crippen LogP contribution in [0.25, 0.3) is 0 Å². The number of anilines is 4. The minimum absolute atomic E-state index is 0.0525. The molecular weight excluding hydrogens is 546 g/mol. The maximum Gasteiger partial charge on any atom is 0.415 e. The van der Waals surface area contributed by atoms with E-state index in [1.807, 2.05) is 69.7 Å². The van der Waals surface area contributed by atoms with Crippen LogP contribution in [0.15, 0.2) is 73.6 Å². The first-order valence-corrected chi connectivity index (χ1v) is 14.3. The van der Waals surface area contributed by atoms with E-state index in [9.17, 15) is 9.59 Å². The molecular formula is C32H41N7O4. The summed E-state index contributed by atoms with van der Waals surface area (Å²) in [6.07, 6.45) is 2.96. The fourth-order valence-electron chi connectivity index (χ4n) is 4.83. The number of hydrogen-bond acceptors (Lipinski definition) is 9. The summed E-state index contributed by atoms with van der Waals surface area (Å²) in [4.78, 5) is 42.0. The Kier molecular flexibility index (Phi) is 10.9. The van der Waals surface area contributed by atoms with Crippen molar-refractivity contribution in [2.75, 3.05) is 76.1 Å². The number of carbonyl (C=O) groups excluding carboxylic acids is 2. The van der Waals surface area contributed by atoms with Gasteiger partial charge in [-0.2, -0.15) is 0 Å². The van der Waals surface area contributed by atoms with Gasteiger partial charge in [-0.05, 0) is 50.2 Å². The van der Waals surface area contributed by atoms with Crippen molar-refractivity contribution in [2.24, 2.45) is 5.92 Å². The van der Waals surface area contributed by atoms with E-state index in [1.165, 1.54) is 17.3 Å². The third-order valence-electron chi connectivity index (χ3n) is 7.34. The van der Waals surface area contributed by atoms with Crippen LogP contribution in [0.1, 0.15) is 12.0 Å². The normalized spacial score (nSPS) is 14.3. The van der Waals surface area contributed by atoms with Gasteiger partial charge in [0.2, 0.25) is 5.91 Å². The molecule has 228 valence electrons. The molecule has 2 heterocycles. The molecule has 2 aromatic carbocycles. The van der Waals surface area contributed by atoms with Crippen molar-refractivity contribution in [3.8, 4) is 5.75 Å². The van der Waals surface area contributed by atoms with Crippen LogP contribution in [-0.4, -0.2) is 92.7 Å². The smallest absolute Gasteiger partial charge is 0.415 e. The van der Waals surface area contributed by atoms with Gasteiger partial charge in [-0.15, -0.1) is 0 Å². The Hall–Kier alpha value is -4.64. The molecule has 1 N–H and O–H groups in total. The number of hydrogen-bond donors (Lipinski definition) is 1. The minimum atomic E-state index is -0.523. The van der Waals surface area contributed by atoms with E-state index in [4.69, 9.17) is 9.47 Å². The largest absolute Gasteiger partial charge is 0.494 e. The summed E-state index contributed by atoms with van der Waals surface area (Å²) in [5, 5.41) is 3.31. The van der Waals surface area contributed by atoms with Crippen molar-refractivity contribution < 1.29 is 19.1 Å². The van der Waals surface area contributed by atoms with Gasteiger partial charge in [0.1, 0.15) is 30.3 Å². The predicted octanol–water partition coefficient (Wildman–Crippen LogP) is 4.40. The highest BCUT2D eigenvalue weighted by atomic mass is 16.6. The van der Waals surface area contributed by atoms with Crippen molar-refractivity contribution in [1.82, 2.24) is 19.8 Å². The van der Waals surface area contributed by atoms with Gasteiger partial charge in [-0.3, -0.25) is 9.69 Å². The van der Waals surface area contributed by atoms with E-state index in [2.05, 4.69) is 31.7 Å². The Bertz CT molecular complexity index is 1390. The number of nitrogens with zero attached hydrogens (tertiary/aromatic N) is 6. The molecule has 4 rings (SSSR count). The summed E-state index contributed by atoms with van der Waals surface area (Å²) >= 11 is 0. The van der Waals surface area contributed by atoms with Crippen molar-refractivity contribution >= 4 is 35.0 Å². The second-order valence-electron chi connectivity index (χ2n) is 10.8. The molecule has 1 atom stereocenters. The summed E-state index contributed by atoms with van der Waals surface area (Å²) in [7, 11) is 7.77. The Balaban J connectivity index is 1.53. The molecule has 11 nitrogen and oxygen atoms in total. The van der Waals surface area contributed by atoms with Crippen molar-refractivity contribution in [3.05, 3.63) is 79.1 Å². The zero-order chi connectivity index (χ0) is 30.8. The summed E-state index contributed by atoms with van der Waals surface area (Å²) in [6.45, 7) is 6.99. The fraction of sp³-hybridized carbons (Fsp3) is 0.375. The standard InChI is InChI=1S/C32H41N7O4/c1-6-31(40)38-15-14-25(20-38)21-39(32(41)43-22-24-10-8-7-9-11-24)30-19-29(33-23-34-30)35-27-13-12-26(18-28(27)42-5)37(4)17-16-36(2)3/h6-13,18-19,23,25H,1,14-17,20-22H2,2-5H3,(H,33,34,35). The summed E-state index contributed by atoms with van der Waals surface area (Å²) < 4.78 is 11.4. The molecule has 0 spiro atoms. The third kappa shape index (κ3) is 8.68. The Labute approximate surface area is 253 Å². The lowest BCUT2D eigenvalue weighted by molar-refractivity contribution is -0.125. The van der Waals surface area contributed by atoms with E-state index >= 15 is 0 Å². The fourth-order valence-corrected chi connectivity index (χ4v) is 4.83. The quantitative estimate of drug-likeness (QED) is 0.292. The molecule has 1 aliphatic heterocycles. The van der Waals surface area contributed by atoms with Crippen molar-refractivity contribution in [3.63, 3.8) is 0 Å². The zero-order valence-electron chi connectivity index (χ0n) is 25.4. The Morgan fingerprint density at radius 3 is 2.60 bits per heavy atom. The number of ether oxygens (including phenoxy) is 2. The SMILES string of the molecule is C=CC(=O)N1CCC(CN(C(=O)OCc2ccccc2)c2cc(Nc3ccc(N(C)CCN(C)C)cc3OC)ncn2)C1. The molecule has 1 unspecified atom stereocenters. The van der Waals surface area contributed by atoms with E-state index in [-0.39, 0.29) is 18.4 Å². The van der Waals surface area contributed by atoms with Crippen LogP contribution in [0.3, 0.4) is 0 Å². The first-order valence-electron chi connectivity index (χ1n) is 14.3. The molecule has 3 aromatic rings. The molecule has 43 heavy (non-hydrogen) atoms. The summed E-state index contributed by atoms with van der Waals surface area (Å²) in [5.74, 6) is 1.48. The lowest BCUT2D eigenvalue weighted by Crippen LogP contribution is -2.38. The summed E-state index contributed by atoms with van der Waals surface area (Å²) in [5.41, 5.74) is 2.64. The maximum absolute atomic E-state index is 13.4. The second-order valence-corrected chi connectivity index (χ2v) is 10.8. The summed E-state index contributed by atoms with van der Waals surface area (Å²) in [6, 6.07) is 17.2. The predicted molar refractivity (Wildman–Crippen MR) is 169 cm³/mol. The molecule has 0 saturated carbocycles. The van der Waals surface area contributed by atoms with Crippen LogP contribution in [0, 0.1) is 5.92 Å². The number of likely N-dealkylation sites (N-methyl/N-ethyl adjacent to an activating group) is 2. The first-order chi connectivity index (χ1) is 20.8. The molecule has 11 heteroatoms. The van der Waals surface area contributed by atoms with Crippen LogP contribution < -0.4 is 19.9 Å². The zero-order valence-corrected chi connectivity index (χ0v) is 25.4. The van der Waals surface area contributed by atoms with Gasteiger partial charge in [0.15, 0.2) is 0 Å². The number of benzene rings is 2.